The van der Waals surface area contributed by atoms with Gasteiger partial charge in [-0.15, -0.1) is 0 Å². The molecule has 0 saturated carbocycles. The van der Waals surface area contributed by atoms with Crippen LogP contribution in [-0.4, -0.2) is 42.0 Å². The largest absolute Gasteiger partial charge is 0.405 e. The molecule has 18 heavy (non-hydrogen) atoms. The van der Waals surface area contributed by atoms with Gasteiger partial charge in [0.15, 0.2) is 0 Å². The van der Waals surface area contributed by atoms with Gasteiger partial charge in [-0.05, 0) is 12.8 Å². The van der Waals surface area contributed by atoms with Crippen LogP contribution in [0, 0.1) is 5.92 Å². The summed E-state index contributed by atoms with van der Waals surface area (Å²) in [5, 5.41) is 1.83. The second kappa shape index (κ2) is 5.58. The maximum atomic E-state index is 12.0. The van der Waals surface area contributed by atoms with Gasteiger partial charge in [0.2, 0.25) is 11.8 Å². The molecule has 1 rings (SSSR count). The monoisotopic (exact) mass is 266 g/mol. The lowest BCUT2D eigenvalue weighted by Crippen LogP contribution is -2.48. The Bertz CT molecular complexity index is 329. The molecule has 0 aromatic heterocycles. The molecule has 1 heterocycles. The molecule has 1 N–H and O–H groups in total. The van der Waals surface area contributed by atoms with Gasteiger partial charge in [-0.25, -0.2) is 0 Å². The van der Waals surface area contributed by atoms with Gasteiger partial charge in [0.25, 0.3) is 0 Å². The molecule has 0 spiro atoms. The summed E-state index contributed by atoms with van der Waals surface area (Å²) in [6.07, 6.45) is -3.37. The predicted octanol–water partition coefficient (Wildman–Crippen LogP) is 1.31. The molecule has 1 aliphatic heterocycles. The molecule has 7 heteroatoms. The van der Waals surface area contributed by atoms with Crippen LogP contribution in [0.4, 0.5) is 13.2 Å². The zero-order valence-corrected chi connectivity index (χ0v) is 10.4. The van der Waals surface area contributed by atoms with Crippen LogP contribution < -0.4 is 5.32 Å². The van der Waals surface area contributed by atoms with Crippen molar-refractivity contribution in [2.45, 2.75) is 38.9 Å². The first-order chi connectivity index (χ1) is 8.22. The highest BCUT2D eigenvalue weighted by Gasteiger charge is 2.36. The van der Waals surface area contributed by atoms with Crippen molar-refractivity contribution in [2.75, 3.05) is 13.1 Å². The van der Waals surface area contributed by atoms with Gasteiger partial charge >= 0.3 is 6.18 Å². The van der Waals surface area contributed by atoms with Crippen LogP contribution >= 0.6 is 0 Å². The molecule has 104 valence electrons. The normalized spacial score (nSPS) is 20.3. The molecule has 1 atom stereocenters. The molecule has 1 fully saturated rings. The van der Waals surface area contributed by atoms with Crippen molar-refractivity contribution in [1.29, 1.82) is 0 Å². The summed E-state index contributed by atoms with van der Waals surface area (Å²) in [6.45, 7) is 2.48. The fourth-order valence-corrected chi connectivity index (χ4v) is 1.94. The highest BCUT2D eigenvalue weighted by molar-refractivity contribution is 5.88. The number of carbonyl (C=O) groups is 2. The van der Waals surface area contributed by atoms with E-state index in [0.29, 0.717) is 19.4 Å². The number of hydrogen-bond donors (Lipinski definition) is 1. The van der Waals surface area contributed by atoms with Gasteiger partial charge in [-0.1, -0.05) is 13.8 Å². The molecule has 1 aliphatic rings. The number of likely N-dealkylation sites (tertiary alicyclic amines) is 1. The number of nitrogens with one attached hydrogen (secondary N) is 1. The summed E-state index contributed by atoms with van der Waals surface area (Å²) in [4.78, 5) is 24.8. The molecule has 4 nitrogen and oxygen atoms in total. The van der Waals surface area contributed by atoms with Gasteiger partial charge in [-0.2, -0.15) is 13.2 Å². The molecule has 0 bridgehead atoms. The van der Waals surface area contributed by atoms with E-state index in [2.05, 4.69) is 0 Å². The quantitative estimate of drug-likeness (QED) is 0.837. The first kappa shape index (κ1) is 14.8. The number of carbonyl (C=O) groups excluding carboxylic acids is 2. The zero-order chi connectivity index (χ0) is 13.9. The van der Waals surface area contributed by atoms with E-state index in [9.17, 15) is 22.8 Å². The van der Waals surface area contributed by atoms with E-state index in [1.807, 2.05) is 5.32 Å². The fraction of sp³-hybridized carbons (Fsp3) is 0.818. The van der Waals surface area contributed by atoms with Crippen LogP contribution in [0.25, 0.3) is 0 Å². The van der Waals surface area contributed by atoms with Crippen LogP contribution in [0.15, 0.2) is 0 Å². The Kier molecular flexibility index (Phi) is 4.59. The lowest BCUT2D eigenvalue weighted by molar-refractivity contribution is -0.145. The minimum absolute atomic E-state index is 0.195. The van der Waals surface area contributed by atoms with Gasteiger partial charge in [0, 0.05) is 12.5 Å². The van der Waals surface area contributed by atoms with Crippen molar-refractivity contribution in [2.24, 2.45) is 5.92 Å². The highest BCUT2D eigenvalue weighted by Crippen LogP contribution is 2.20. The number of alkyl halides is 3. The van der Waals surface area contributed by atoms with Crippen molar-refractivity contribution in [1.82, 2.24) is 10.2 Å². The summed E-state index contributed by atoms with van der Waals surface area (Å²) in [5.41, 5.74) is 0. The lowest BCUT2D eigenvalue weighted by atomic mass is 10.1. The topological polar surface area (TPSA) is 49.4 Å². The van der Waals surface area contributed by atoms with E-state index in [1.54, 1.807) is 13.8 Å². The summed E-state index contributed by atoms with van der Waals surface area (Å²) in [7, 11) is 0. The van der Waals surface area contributed by atoms with Gasteiger partial charge in [0.1, 0.15) is 12.6 Å². The molecule has 1 saturated heterocycles. The number of hydrogen-bond acceptors (Lipinski definition) is 2. The summed E-state index contributed by atoms with van der Waals surface area (Å²) < 4.78 is 36.0. The van der Waals surface area contributed by atoms with Gasteiger partial charge in [-0.3, -0.25) is 9.59 Å². The minimum Gasteiger partial charge on any atom is -0.345 e. The van der Waals surface area contributed by atoms with E-state index >= 15 is 0 Å². The average molecular weight is 266 g/mol. The predicted molar refractivity (Wildman–Crippen MR) is 58.6 cm³/mol. The molecule has 0 aromatic carbocycles. The van der Waals surface area contributed by atoms with Crippen LogP contribution in [0.3, 0.4) is 0 Å². The van der Waals surface area contributed by atoms with Crippen molar-refractivity contribution in [3.63, 3.8) is 0 Å². The third kappa shape index (κ3) is 3.89. The second-order valence-corrected chi connectivity index (χ2v) is 4.68. The summed E-state index contributed by atoms with van der Waals surface area (Å²) in [6, 6.07) is -0.762. The SMILES string of the molecule is CC(C)C(=O)N1CCCC1C(=O)NCC(F)(F)F. The Morgan fingerprint density at radius 2 is 2.00 bits per heavy atom. The lowest BCUT2D eigenvalue weighted by Gasteiger charge is -2.25. The summed E-state index contributed by atoms with van der Waals surface area (Å²) in [5.74, 6) is -1.18. The third-order valence-corrected chi connectivity index (χ3v) is 2.80. The van der Waals surface area contributed by atoms with Crippen molar-refractivity contribution >= 4 is 11.8 Å². The Balaban J connectivity index is 2.59. The number of halogens is 3. The zero-order valence-electron chi connectivity index (χ0n) is 10.4. The maximum Gasteiger partial charge on any atom is 0.405 e. The molecule has 0 aromatic rings. The first-order valence-electron chi connectivity index (χ1n) is 5.87. The van der Waals surface area contributed by atoms with E-state index in [-0.39, 0.29) is 11.8 Å². The molecule has 2 amide bonds. The Hall–Kier alpha value is -1.27. The summed E-state index contributed by atoms with van der Waals surface area (Å²) >= 11 is 0. The first-order valence-corrected chi connectivity index (χ1v) is 5.87. The second-order valence-electron chi connectivity index (χ2n) is 4.68. The highest BCUT2D eigenvalue weighted by atomic mass is 19.4. The minimum atomic E-state index is -4.43. The van der Waals surface area contributed by atoms with Crippen molar-refractivity contribution in [3.8, 4) is 0 Å². The van der Waals surface area contributed by atoms with E-state index < -0.39 is 24.7 Å². The number of rotatable bonds is 3. The third-order valence-electron chi connectivity index (χ3n) is 2.80. The molecule has 0 radical (unpaired) electrons. The Morgan fingerprint density at radius 1 is 1.39 bits per heavy atom. The maximum absolute atomic E-state index is 12.0. The van der Waals surface area contributed by atoms with Crippen molar-refractivity contribution < 1.29 is 22.8 Å². The van der Waals surface area contributed by atoms with Crippen molar-refractivity contribution in [3.05, 3.63) is 0 Å². The van der Waals surface area contributed by atoms with Crippen LogP contribution in [0.2, 0.25) is 0 Å². The van der Waals surface area contributed by atoms with Crippen LogP contribution in [-0.2, 0) is 9.59 Å². The molecule has 1 unspecified atom stereocenters. The smallest absolute Gasteiger partial charge is 0.345 e. The fourth-order valence-electron chi connectivity index (χ4n) is 1.94. The molecular formula is C11H17F3N2O2. The Labute approximate surface area is 104 Å². The molecular weight excluding hydrogens is 249 g/mol. The van der Waals surface area contributed by atoms with Gasteiger partial charge in [0.05, 0.1) is 0 Å². The molecule has 0 aliphatic carbocycles. The van der Waals surface area contributed by atoms with E-state index in [4.69, 9.17) is 0 Å². The van der Waals surface area contributed by atoms with E-state index in [0.717, 1.165) is 0 Å². The van der Waals surface area contributed by atoms with E-state index in [1.165, 1.54) is 4.90 Å². The Morgan fingerprint density at radius 3 is 2.50 bits per heavy atom. The van der Waals surface area contributed by atoms with Crippen LogP contribution in [0.1, 0.15) is 26.7 Å². The number of nitrogens with zero attached hydrogens (tertiary/aromatic N) is 1. The number of amides is 2. The van der Waals surface area contributed by atoms with Crippen LogP contribution in [0.5, 0.6) is 0 Å². The standard InChI is InChI=1S/C11H17F3N2O2/c1-7(2)10(18)16-5-3-4-8(16)9(17)15-6-11(12,13)14/h7-8H,3-6H2,1-2H3,(H,15,17). The van der Waals surface area contributed by atoms with Gasteiger partial charge < -0.3 is 10.2 Å². The average Bonchev–Trinajstić information content (AvgIpc) is 2.72.